The van der Waals surface area contributed by atoms with Gasteiger partial charge in [-0.05, 0) is 44.5 Å². The Morgan fingerprint density at radius 2 is 2.03 bits per heavy atom. The Bertz CT molecular complexity index is 841. The van der Waals surface area contributed by atoms with Crippen molar-refractivity contribution >= 4 is 17.3 Å². The highest BCUT2D eigenvalue weighted by Crippen LogP contribution is 2.25. The van der Waals surface area contributed by atoms with E-state index in [1.54, 1.807) is 19.1 Å². The van der Waals surface area contributed by atoms with Gasteiger partial charge >= 0.3 is 0 Å². The molecule has 0 aliphatic carbocycles. The van der Waals surface area contributed by atoms with E-state index >= 15 is 0 Å². The van der Waals surface area contributed by atoms with Crippen molar-refractivity contribution in [1.29, 1.82) is 0 Å². The van der Waals surface area contributed by atoms with Gasteiger partial charge in [0.15, 0.2) is 0 Å². The van der Waals surface area contributed by atoms with E-state index in [-0.39, 0.29) is 11.6 Å². The van der Waals surface area contributed by atoms with Gasteiger partial charge in [0.2, 0.25) is 5.91 Å². The van der Waals surface area contributed by atoms with Crippen LogP contribution < -0.4 is 10.1 Å². The lowest BCUT2D eigenvalue weighted by atomic mass is 9.99. The summed E-state index contributed by atoms with van der Waals surface area (Å²) in [7, 11) is 0. The summed E-state index contributed by atoms with van der Waals surface area (Å²) in [5.41, 5.74) is 0.985. The van der Waals surface area contributed by atoms with Crippen molar-refractivity contribution in [2.24, 2.45) is 5.92 Å². The molecule has 0 saturated carbocycles. The van der Waals surface area contributed by atoms with Gasteiger partial charge in [0.05, 0.1) is 22.8 Å². The molecular formula is C22H27N3O4. The second kappa shape index (κ2) is 10.0. The number of amides is 1. The number of ether oxygens (including phenoxy) is 1. The average Bonchev–Trinajstić information content (AvgIpc) is 2.73. The number of carbonyl (C=O) groups excluding carboxylic acids is 1. The molecule has 1 heterocycles. The second-order valence-corrected chi connectivity index (χ2v) is 7.44. The number of nitro benzene ring substituents is 1. The zero-order chi connectivity index (χ0) is 20.6. The standard InChI is InChI=1S/C22H27N3O4/c1-17-20(10-5-11-21(17)25(27)28)23-22(26)12-14-24-13-6-7-18(15-24)16-29-19-8-3-2-4-9-19/h2-5,8-11,18H,6-7,12-16H2,1H3,(H,23,26). The molecule has 1 amide bonds. The minimum atomic E-state index is -0.434. The Hall–Kier alpha value is -2.93. The number of nitrogens with one attached hydrogen (secondary N) is 1. The van der Waals surface area contributed by atoms with Crippen molar-refractivity contribution in [1.82, 2.24) is 4.90 Å². The van der Waals surface area contributed by atoms with E-state index in [4.69, 9.17) is 4.74 Å². The van der Waals surface area contributed by atoms with Gasteiger partial charge in [0.1, 0.15) is 5.75 Å². The molecule has 1 fully saturated rings. The van der Waals surface area contributed by atoms with E-state index in [0.29, 0.717) is 36.7 Å². The van der Waals surface area contributed by atoms with Crippen LogP contribution in [0.4, 0.5) is 11.4 Å². The third-order valence-electron chi connectivity index (χ3n) is 5.26. The molecule has 7 heteroatoms. The van der Waals surface area contributed by atoms with Crippen LogP contribution in [0.15, 0.2) is 48.5 Å². The first-order valence-corrected chi connectivity index (χ1v) is 9.97. The van der Waals surface area contributed by atoms with Crippen molar-refractivity contribution < 1.29 is 14.5 Å². The smallest absolute Gasteiger partial charge is 0.274 e. The molecule has 1 aliphatic rings. The van der Waals surface area contributed by atoms with Gasteiger partial charge in [-0.1, -0.05) is 24.3 Å². The number of hydrogen-bond acceptors (Lipinski definition) is 5. The molecular weight excluding hydrogens is 370 g/mol. The lowest BCUT2D eigenvalue weighted by molar-refractivity contribution is -0.385. The van der Waals surface area contributed by atoms with Crippen molar-refractivity contribution in [2.75, 3.05) is 31.6 Å². The average molecular weight is 397 g/mol. The molecule has 2 aromatic rings. The summed E-state index contributed by atoms with van der Waals surface area (Å²) in [6.07, 6.45) is 2.57. The van der Waals surface area contributed by atoms with Crippen molar-refractivity contribution in [2.45, 2.75) is 26.2 Å². The van der Waals surface area contributed by atoms with E-state index < -0.39 is 4.92 Å². The molecule has 2 aromatic carbocycles. The van der Waals surface area contributed by atoms with Crippen LogP contribution in [-0.2, 0) is 4.79 Å². The Morgan fingerprint density at radius 1 is 1.24 bits per heavy atom. The quantitative estimate of drug-likeness (QED) is 0.537. The third kappa shape index (κ3) is 6.02. The SMILES string of the molecule is Cc1c(NC(=O)CCN2CCCC(COc3ccccc3)C2)cccc1[N+](=O)[O-]. The molecule has 1 aliphatic heterocycles. The van der Waals surface area contributed by atoms with E-state index in [0.717, 1.165) is 31.7 Å². The van der Waals surface area contributed by atoms with Gasteiger partial charge in [-0.25, -0.2) is 0 Å². The maximum absolute atomic E-state index is 12.3. The number of anilines is 1. The molecule has 1 saturated heterocycles. The van der Waals surface area contributed by atoms with Gasteiger partial charge < -0.3 is 15.0 Å². The van der Waals surface area contributed by atoms with Gasteiger partial charge in [-0.3, -0.25) is 14.9 Å². The first kappa shape index (κ1) is 20.8. The first-order valence-electron chi connectivity index (χ1n) is 9.97. The van der Waals surface area contributed by atoms with E-state index in [9.17, 15) is 14.9 Å². The largest absolute Gasteiger partial charge is 0.493 e. The Labute approximate surface area is 170 Å². The van der Waals surface area contributed by atoms with Crippen LogP contribution in [0.2, 0.25) is 0 Å². The molecule has 29 heavy (non-hydrogen) atoms. The minimum absolute atomic E-state index is 0.0140. The van der Waals surface area contributed by atoms with E-state index in [2.05, 4.69) is 10.2 Å². The summed E-state index contributed by atoms with van der Waals surface area (Å²) in [6.45, 7) is 4.89. The predicted octanol–water partition coefficient (Wildman–Crippen LogP) is 4.02. The number of piperidine rings is 1. The first-order chi connectivity index (χ1) is 14.0. The molecule has 154 valence electrons. The Kier molecular flexibility index (Phi) is 7.19. The number of carbonyl (C=O) groups is 1. The highest BCUT2D eigenvalue weighted by Gasteiger charge is 2.21. The normalized spacial score (nSPS) is 16.9. The number of benzene rings is 2. The maximum atomic E-state index is 12.3. The molecule has 3 rings (SSSR count). The molecule has 1 N–H and O–H groups in total. The summed E-state index contributed by atoms with van der Waals surface area (Å²) in [5.74, 6) is 1.21. The van der Waals surface area contributed by atoms with Crippen LogP contribution in [0.3, 0.4) is 0 Å². The minimum Gasteiger partial charge on any atom is -0.493 e. The summed E-state index contributed by atoms with van der Waals surface area (Å²) < 4.78 is 5.88. The maximum Gasteiger partial charge on any atom is 0.274 e. The van der Waals surface area contributed by atoms with Crippen LogP contribution in [0.1, 0.15) is 24.8 Å². The lowest BCUT2D eigenvalue weighted by Gasteiger charge is -2.32. The number of likely N-dealkylation sites (tertiary alicyclic amines) is 1. The fourth-order valence-electron chi connectivity index (χ4n) is 3.65. The summed E-state index contributed by atoms with van der Waals surface area (Å²) >= 11 is 0. The number of nitro groups is 1. The van der Waals surface area contributed by atoms with Crippen molar-refractivity contribution in [3.8, 4) is 5.75 Å². The van der Waals surface area contributed by atoms with Crippen LogP contribution in [0.5, 0.6) is 5.75 Å². The van der Waals surface area contributed by atoms with Gasteiger partial charge in [0.25, 0.3) is 5.69 Å². The topological polar surface area (TPSA) is 84.7 Å². The number of nitrogens with zero attached hydrogens (tertiary/aromatic N) is 2. The van der Waals surface area contributed by atoms with Gasteiger partial charge in [-0.2, -0.15) is 0 Å². The van der Waals surface area contributed by atoms with E-state index in [1.807, 2.05) is 30.3 Å². The van der Waals surface area contributed by atoms with Crippen LogP contribution in [0, 0.1) is 23.0 Å². The Morgan fingerprint density at radius 3 is 2.79 bits per heavy atom. The number of hydrogen-bond donors (Lipinski definition) is 1. The fraction of sp³-hybridized carbons (Fsp3) is 0.409. The summed E-state index contributed by atoms with van der Waals surface area (Å²) in [4.78, 5) is 25.3. The van der Waals surface area contributed by atoms with Crippen LogP contribution >= 0.6 is 0 Å². The fourth-order valence-corrected chi connectivity index (χ4v) is 3.65. The highest BCUT2D eigenvalue weighted by molar-refractivity contribution is 5.92. The predicted molar refractivity (Wildman–Crippen MR) is 112 cm³/mol. The Balaban J connectivity index is 1.45. The molecule has 1 unspecified atom stereocenters. The van der Waals surface area contributed by atoms with Crippen molar-refractivity contribution in [3.63, 3.8) is 0 Å². The molecule has 0 aromatic heterocycles. The molecule has 1 atom stereocenters. The zero-order valence-electron chi connectivity index (χ0n) is 16.7. The van der Waals surface area contributed by atoms with Gasteiger partial charge in [-0.15, -0.1) is 0 Å². The molecule has 0 radical (unpaired) electrons. The molecule has 0 spiro atoms. The number of rotatable bonds is 8. The number of para-hydroxylation sites is 1. The lowest BCUT2D eigenvalue weighted by Crippen LogP contribution is -2.39. The third-order valence-corrected chi connectivity index (χ3v) is 5.26. The van der Waals surface area contributed by atoms with Crippen molar-refractivity contribution in [3.05, 3.63) is 64.2 Å². The van der Waals surface area contributed by atoms with E-state index in [1.165, 1.54) is 6.07 Å². The van der Waals surface area contributed by atoms with Gasteiger partial charge in [0, 0.05) is 31.5 Å². The van der Waals surface area contributed by atoms with Crippen LogP contribution in [0.25, 0.3) is 0 Å². The monoisotopic (exact) mass is 397 g/mol. The zero-order valence-corrected chi connectivity index (χ0v) is 16.7. The summed E-state index contributed by atoms with van der Waals surface area (Å²) in [5, 5.41) is 13.9. The van der Waals surface area contributed by atoms with Crippen LogP contribution in [-0.4, -0.2) is 42.0 Å². The molecule has 7 nitrogen and oxygen atoms in total. The highest BCUT2D eigenvalue weighted by atomic mass is 16.6. The second-order valence-electron chi connectivity index (χ2n) is 7.44. The molecule has 0 bridgehead atoms. The summed E-state index contributed by atoms with van der Waals surface area (Å²) in [6, 6.07) is 14.5.